The second kappa shape index (κ2) is 9.44. The van der Waals surface area contributed by atoms with Crippen molar-refractivity contribution < 1.29 is 19.5 Å². The molecule has 7 heteroatoms. The van der Waals surface area contributed by atoms with Crippen molar-refractivity contribution in [2.45, 2.75) is 59.9 Å². The zero-order valence-electron chi connectivity index (χ0n) is 14.7. The average molecular weight is 440 g/mol. The van der Waals surface area contributed by atoms with Crippen molar-refractivity contribution in [3.8, 4) is 0 Å². The molecule has 1 atom stereocenters. The van der Waals surface area contributed by atoms with E-state index in [1.165, 1.54) is 0 Å². The van der Waals surface area contributed by atoms with Gasteiger partial charge in [-0.3, -0.25) is 9.59 Å². The van der Waals surface area contributed by atoms with Gasteiger partial charge in [-0.2, -0.15) is 0 Å². The number of hydrogen-bond donors (Lipinski definition) is 3. The van der Waals surface area contributed by atoms with Crippen LogP contribution in [-0.2, 0) is 14.4 Å². The van der Waals surface area contributed by atoms with Crippen LogP contribution in [0.15, 0.2) is 0 Å². The van der Waals surface area contributed by atoms with Gasteiger partial charge in [0.25, 0.3) is 0 Å². The van der Waals surface area contributed by atoms with Crippen molar-refractivity contribution in [2.24, 2.45) is 10.8 Å². The summed E-state index contributed by atoms with van der Waals surface area (Å²) in [6.07, 6.45) is 1.44. The molecule has 0 spiro atoms. The molecule has 1 unspecified atom stereocenters. The van der Waals surface area contributed by atoms with Crippen LogP contribution in [0.25, 0.3) is 0 Å². The fourth-order valence-electron chi connectivity index (χ4n) is 2.60. The second-order valence-corrected chi connectivity index (χ2v) is 8.37. The fourth-order valence-corrected chi connectivity index (χ4v) is 2.87. The number of carbonyl (C=O) groups is 3. The number of hydrogen-bond acceptors (Lipinski definition) is 3. The monoisotopic (exact) mass is 440 g/mol. The Hall–Kier alpha value is -0.860. The maximum absolute atomic E-state index is 12.4. The number of carbonyl (C=O) groups excluding carboxylic acids is 2. The number of alkyl halides is 1. The van der Waals surface area contributed by atoms with Crippen LogP contribution in [0.3, 0.4) is 0 Å². The lowest BCUT2D eigenvalue weighted by Gasteiger charge is -2.32. The zero-order valence-corrected chi connectivity index (χ0v) is 16.8. The minimum absolute atomic E-state index is 0.0245. The predicted molar refractivity (Wildman–Crippen MR) is 98.6 cm³/mol. The van der Waals surface area contributed by atoms with Gasteiger partial charge in [0.05, 0.1) is 4.43 Å². The number of nitrogens with one attached hydrogen (secondary N) is 2. The molecule has 0 heterocycles. The van der Waals surface area contributed by atoms with Gasteiger partial charge in [-0.1, -0.05) is 57.2 Å². The molecular formula is C16H29IN2O4. The summed E-state index contributed by atoms with van der Waals surface area (Å²) >= 11 is 1.96. The van der Waals surface area contributed by atoms with E-state index in [0.29, 0.717) is 23.8 Å². The normalized spacial score (nSPS) is 13.3. The molecule has 0 radical (unpaired) electrons. The number of aliphatic carboxylic acids is 1. The molecule has 0 aromatic rings. The molecule has 0 rings (SSSR count). The quantitative estimate of drug-likeness (QED) is 0.292. The molecule has 3 N–H and O–H groups in total. The first kappa shape index (κ1) is 22.1. The summed E-state index contributed by atoms with van der Waals surface area (Å²) in [6.45, 7) is 10.2. The molecule has 134 valence electrons. The topological polar surface area (TPSA) is 95.5 Å². The van der Waals surface area contributed by atoms with Gasteiger partial charge in [0.15, 0.2) is 0 Å². The highest BCUT2D eigenvalue weighted by Crippen LogP contribution is 2.33. The summed E-state index contributed by atoms with van der Waals surface area (Å²) in [6, 6.07) is -0.932. The van der Waals surface area contributed by atoms with Crippen LogP contribution in [0, 0.1) is 10.8 Å². The lowest BCUT2D eigenvalue weighted by molar-refractivity contribution is -0.144. The summed E-state index contributed by atoms with van der Waals surface area (Å²) in [5.41, 5.74) is -0.662. The van der Waals surface area contributed by atoms with Gasteiger partial charge in [0.2, 0.25) is 11.8 Å². The molecule has 0 saturated carbocycles. The minimum Gasteiger partial charge on any atom is -0.480 e. The molecule has 0 aromatic heterocycles. The van der Waals surface area contributed by atoms with Crippen LogP contribution in [0.4, 0.5) is 0 Å². The van der Waals surface area contributed by atoms with Gasteiger partial charge >= 0.3 is 5.97 Å². The summed E-state index contributed by atoms with van der Waals surface area (Å²) in [4.78, 5) is 34.9. The molecule has 0 saturated heterocycles. The summed E-state index contributed by atoms with van der Waals surface area (Å²) in [5.74, 6) is -1.38. The highest BCUT2D eigenvalue weighted by Gasteiger charge is 2.34. The highest BCUT2D eigenvalue weighted by molar-refractivity contribution is 14.1. The standard InChI is InChI=1S/C16H29IN2O4/c1-15(2,3)10-16(4,5)14(23)19-11(13(21)22)7-6-8-18-12(20)9-17/h11H,6-10H2,1-5H3,(H,18,20)(H,19,23)(H,21,22). The Balaban J connectivity index is 4.55. The van der Waals surface area contributed by atoms with Crippen molar-refractivity contribution in [2.75, 3.05) is 11.0 Å². The SMILES string of the molecule is CC(C)(C)CC(C)(C)C(=O)NC(CCCNC(=O)CI)C(=O)O. The molecular weight excluding hydrogens is 411 g/mol. The lowest BCUT2D eigenvalue weighted by atomic mass is 9.75. The van der Waals surface area contributed by atoms with Crippen LogP contribution in [0.5, 0.6) is 0 Å². The van der Waals surface area contributed by atoms with Crippen molar-refractivity contribution >= 4 is 40.4 Å². The number of halogens is 1. The predicted octanol–water partition coefficient (Wildman–Crippen LogP) is 2.35. The summed E-state index contributed by atoms with van der Waals surface area (Å²) in [5, 5.41) is 14.6. The van der Waals surface area contributed by atoms with Crippen molar-refractivity contribution in [3.63, 3.8) is 0 Å². The third kappa shape index (κ3) is 9.78. The largest absolute Gasteiger partial charge is 0.480 e. The van der Waals surface area contributed by atoms with Gasteiger partial charge in [-0.15, -0.1) is 0 Å². The van der Waals surface area contributed by atoms with E-state index in [9.17, 15) is 19.5 Å². The van der Waals surface area contributed by atoms with Crippen LogP contribution in [-0.4, -0.2) is 39.9 Å². The van der Waals surface area contributed by atoms with E-state index in [1.54, 1.807) is 0 Å². The van der Waals surface area contributed by atoms with Crippen molar-refractivity contribution in [3.05, 3.63) is 0 Å². The zero-order chi connectivity index (χ0) is 18.3. The van der Waals surface area contributed by atoms with Crippen LogP contribution < -0.4 is 10.6 Å². The first-order chi connectivity index (χ1) is 10.4. The third-order valence-electron chi connectivity index (χ3n) is 3.30. The first-order valence-corrected chi connectivity index (χ1v) is 9.28. The Morgan fingerprint density at radius 1 is 1.13 bits per heavy atom. The van der Waals surface area contributed by atoms with E-state index in [4.69, 9.17) is 0 Å². The molecule has 0 aromatic carbocycles. The Morgan fingerprint density at radius 3 is 2.13 bits per heavy atom. The molecule has 2 amide bonds. The maximum atomic E-state index is 12.4. The molecule has 6 nitrogen and oxygen atoms in total. The Morgan fingerprint density at radius 2 is 1.70 bits per heavy atom. The van der Waals surface area contributed by atoms with Gasteiger partial charge < -0.3 is 15.7 Å². The van der Waals surface area contributed by atoms with E-state index in [2.05, 4.69) is 10.6 Å². The highest BCUT2D eigenvalue weighted by atomic mass is 127. The Kier molecular flexibility index (Phi) is 9.09. The Labute approximate surface area is 152 Å². The van der Waals surface area contributed by atoms with Gasteiger partial charge in [0.1, 0.15) is 6.04 Å². The molecule has 0 bridgehead atoms. The smallest absolute Gasteiger partial charge is 0.326 e. The van der Waals surface area contributed by atoms with E-state index in [0.717, 1.165) is 0 Å². The average Bonchev–Trinajstić information content (AvgIpc) is 2.38. The van der Waals surface area contributed by atoms with Crippen LogP contribution in [0.2, 0.25) is 0 Å². The van der Waals surface area contributed by atoms with Crippen molar-refractivity contribution in [1.82, 2.24) is 10.6 Å². The third-order valence-corrected chi connectivity index (χ3v) is 4.00. The van der Waals surface area contributed by atoms with Crippen LogP contribution in [0.1, 0.15) is 53.9 Å². The van der Waals surface area contributed by atoms with Gasteiger partial charge in [-0.05, 0) is 24.7 Å². The van der Waals surface area contributed by atoms with Crippen molar-refractivity contribution in [1.29, 1.82) is 0 Å². The van der Waals surface area contributed by atoms with E-state index < -0.39 is 17.4 Å². The van der Waals surface area contributed by atoms with E-state index >= 15 is 0 Å². The lowest BCUT2D eigenvalue weighted by Crippen LogP contribution is -2.47. The van der Waals surface area contributed by atoms with Gasteiger partial charge in [0, 0.05) is 12.0 Å². The number of amides is 2. The number of carboxylic acids is 1. The first-order valence-electron chi connectivity index (χ1n) is 7.75. The number of carboxylic acid groups (broad SMARTS) is 1. The fraction of sp³-hybridized carbons (Fsp3) is 0.812. The summed E-state index contributed by atoms with van der Waals surface area (Å²) in [7, 11) is 0. The van der Waals surface area contributed by atoms with E-state index in [1.807, 2.05) is 57.2 Å². The molecule has 23 heavy (non-hydrogen) atoms. The molecule has 0 aliphatic heterocycles. The van der Waals surface area contributed by atoms with Crippen LogP contribution >= 0.6 is 22.6 Å². The van der Waals surface area contributed by atoms with Gasteiger partial charge in [-0.25, -0.2) is 4.79 Å². The minimum atomic E-state index is -1.05. The Bertz CT molecular complexity index is 430. The molecule has 0 aliphatic rings. The molecule has 0 aliphatic carbocycles. The molecule has 0 fully saturated rings. The second-order valence-electron chi connectivity index (χ2n) is 7.61. The maximum Gasteiger partial charge on any atom is 0.326 e. The van der Waals surface area contributed by atoms with E-state index in [-0.39, 0.29) is 23.7 Å². The summed E-state index contributed by atoms with van der Waals surface area (Å²) < 4.78 is 0.373. The number of rotatable bonds is 9.